The van der Waals surface area contributed by atoms with Gasteiger partial charge in [0.2, 0.25) is 5.91 Å². The van der Waals surface area contributed by atoms with Crippen LogP contribution in [0.2, 0.25) is 0 Å². The van der Waals surface area contributed by atoms with Crippen molar-refractivity contribution >= 4 is 17.3 Å². The quantitative estimate of drug-likeness (QED) is 0.875. The largest absolute Gasteiger partial charge is 0.381 e. The number of hydrogen-bond donors (Lipinski definition) is 2. The Balaban J connectivity index is 2.06. The lowest BCUT2D eigenvalue weighted by Crippen LogP contribution is -2.10. The SMILES string of the molecule is CCC(=O)Nc1ccc(C)c(NCc2cccnc2)c1. The number of nitrogens with one attached hydrogen (secondary N) is 2. The van der Waals surface area contributed by atoms with Gasteiger partial charge in [-0.2, -0.15) is 0 Å². The van der Waals surface area contributed by atoms with Crippen LogP contribution >= 0.6 is 0 Å². The third-order valence-corrected chi connectivity index (χ3v) is 3.05. The summed E-state index contributed by atoms with van der Waals surface area (Å²) >= 11 is 0. The van der Waals surface area contributed by atoms with Crippen LogP contribution in [0.15, 0.2) is 42.7 Å². The second kappa shape index (κ2) is 6.70. The second-order valence-electron chi connectivity index (χ2n) is 4.65. The van der Waals surface area contributed by atoms with Crippen molar-refractivity contribution in [3.05, 3.63) is 53.9 Å². The maximum atomic E-state index is 11.4. The van der Waals surface area contributed by atoms with Crippen LogP contribution in [0.25, 0.3) is 0 Å². The lowest BCUT2D eigenvalue weighted by molar-refractivity contribution is -0.115. The van der Waals surface area contributed by atoms with Gasteiger partial charge in [-0.15, -0.1) is 0 Å². The third-order valence-electron chi connectivity index (χ3n) is 3.05. The zero-order valence-electron chi connectivity index (χ0n) is 11.8. The number of anilines is 2. The maximum Gasteiger partial charge on any atom is 0.224 e. The standard InChI is InChI=1S/C16H19N3O/c1-3-16(20)19-14-7-6-12(2)15(9-14)18-11-13-5-4-8-17-10-13/h4-10,18H,3,11H2,1-2H3,(H,19,20). The molecule has 4 heteroatoms. The second-order valence-corrected chi connectivity index (χ2v) is 4.65. The summed E-state index contributed by atoms with van der Waals surface area (Å²) in [6.45, 7) is 4.59. The van der Waals surface area contributed by atoms with E-state index in [1.807, 2.05) is 50.4 Å². The smallest absolute Gasteiger partial charge is 0.224 e. The normalized spacial score (nSPS) is 10.1. The van der Waals surface area contributed by atoms with Crippen LogP contribution in [0.3, 0.4) is 0 Å². The van der Waals surface area contributed by atoms with E-state index < -0.39 is 0 Å². The molecule has 0 saturated heterocycles. The van der Waals surface area contributed by atoms with E-state index in [0.29, 0.717) is 13.0 Å². The van der Waals surface area contributed by atoms with Gasteiger partial charge in [-0.3, -0.25) is 9.78 Å². The summed E-state index contributed by atoms with van der Waals surface area (Å²) in [7, 11) is 0. The molecule has 0 aliphatic carbocycles. The minimum absolute atomic E-state index is 0.0204. The summed E-state index contributed by atoms with van der Waals surface area (Å²) in [5.74, 6) is 0.0204. The van der Waals surface area contributed by atoms with Crippen molar-refractivity contribution in [1.29, 1.82) is 0 Å². The van der Waals surface area contributed by atoms with Gasteiger partial charge in [0.15, 0.2) is 0 Å². The highest BCUT2D eigenvalue weighted by Gasteiger charge is 2.03. The number of rotatable bonds is 5. The van der Waals surface area contributed by atoms with Gasteiger partial charge in [-0.25, -0.2) is 0 Å². The van der Waals surface area contributed by atoms with E-state index in [0.717, 1.165) is 22.5 Å². The molecule has 2 N–H and O–H groups in total. The molecule has 0 unspecified atom stereocenters. The number of amides is 1. The Morgan fingerprint density at radius 2 is 2.15 bits per heavy atom. The Hall–Kier alpha value is -2.36. The molecule has 1 amide bonds. The molecular weight excluding hydrogens is 250 g/mol. The zero-order valence-corrected chi connectivity index (χ0v) is 11.8. The molecule has 0 atom stereocenters. The highest BCUT2D eigenvalue weighted by molar-refractivity contribution is 5.91. The Morgan fingerprint density at radius 1 is 1.30 bits per heavy atom. The van der Waals surface area contributed by atoms with Crippen molar-refractivity contribution in [3.8, 4) is 0 Å². The van der Waals surface area contributed by atoms with Crippen molar-refractivity contribution < 1.29 is 4.79 Å². The minimum Gasteiger partial charge on any atom is -0.381 e. The average molecular weight is 269 g/mol. The van der Waals surface area contributed by atoms with Gasteiger partial charge in [-0.1, -0.05) is 19.1 Å². The molecule has 0 radical (unpaired) electrons. The highest BCUT2D eigenvalue weighted by atomic mass is 16.1. The zero-order chi connectivity index (χ0) is 14.4. The average Bonchev–Trinajstić information content (AvgIpc) is 2.48. The van der Waals surface area contributed by atoms with E-state index in [1.54, 1.807) is 6.20 Å². The van der Waals surface area contributed by atoms with Gasteiger partial charge in [-0.05, 0) is 36.2 Å². The van der Waals surface area contributed by atoms with Crippen LogP contribution < -0.4 is 10.6 Å². The molecule has 0 aliphatic heterocycles. The van der Waals surface area contributed by atoms with Gasteiger partial charge in [0.05, 0.1) is 0 Å². The topological polar surface area (TPSA) is 54.0 Å². The summed E-state index contributed by atoms with van der Waals surface area (Å²) in [4.78, 5) is 15.5. The van der Waals surface area contributed by atoms with Crippen molar-refractivity contribution in [2.75, 3.05) is 10.6 Å². The number of carbonyl (C=O) groups excluding carboxylic acids is 1. The monoisotopic (exact) mass is 269 g/mol. The number of aryl methyl sites for hydroxylation is 1. The van der Waals surface area contributed by atoms with Crippen LogP contribution in [0.5, 0.6) is 0 Å². The fourth-order valence-electron chi connectivity index (χ4n) is 1.84. The van der Waals surface area contributed by atoms with Gasteiger partial charge in [0.1, 0.15) is 0 Å². The molecule has 4 nitrogen and oxygen atoms in total. The van der Waals surface area contributed by atoms with E-state index in [1.165, 1.54) is 0 Å². The van der Waals surface area contributed by atoms with E-state index in [2.05, 4.69) is 15.6 Å². The Kier molecular flexibility index (Phi) is 4.71. The summed E-state index contributed by atoms with van der Waals surface area (Å²) in [5.41, 5.74) is 4.09. The number of nitrogens with zero attached hydrogens (tertiary/aromatic N) is 1. The molecule has 1 heterocycles. The molecule has 20 heavy (non-hydrogen) atoms. The summed E-state index contributed by atoms with van der Waals surface area (Å²) in [6, 6.07) is 9.81. The number of pyridine rings is 1. The van der Waals surface area contributed by atoms with Gasteiger partial charge >= 0.3 is 0 Å². The van der Waals surface area contributed by atoms with Crippen LogP contribution in [0.4, 0.5) is 11.4 Å². The van der Waals surface area contributed by atoms with Crippen molar-refractivity contribution in [2.24, 2.45) is 0 Å². The molecule has 0 bridgehead atoms. The molecule has 104 valence electrons. The van der Waals surface area contributed by atoms with E-state index >= 15 is 0 Å². The lowest BCUT2D eigenvalue weighted by Gasteiger charge is -2.12. The molecule has 0 spiro atoms. The van der Waals surface area contributed by atoms with Gasteiger partial charge in [0.25, 0.3) is 0 Å². The third kappa shape index (κ3) is 3.82. The van der Waals surface area contributed by atoms with Crippen molar-refractivity contribution in [2.45, 2.75) is 26.8 Å². The predicted octanol–water partition coefficient (Wildman–Crippen LogP) is 3.35. The van der Waals surface area contributed by atoms with Crippen molar-refractivity contribution in [3.63, 3.8) is 0 Å². The molecule has 0 fully saturated rings. The molecule has 1 aromatic heterocycles. The van der Waals surface area contributed by atoms with Crippen LogP contribution in [-0.2, 0) is 11.3 Å². The summed E-state index contributed by atoms with van der Waals surface area (Å²) in [6.07, 6.45) is 4.08. The van der Waals surface area contributed by atoms with Gasteiger partial charge in [0, 0.05) is 36.7 Å². The number of aromatic nitrogens is 1. The first kappa shape index (κ1) is 14.1. The van der Waals surface area contributed by atoms with Gasteiger partial charge < -0.3 is 10.6 Å². The fraction of sp³-hybridized carbons (Fsp3) is 0.250. The van der Waals surface area contributed by atoms with Crippen LogP contribution in [0.1, 0.15) is 24.5 Å². The predicted molar refractivity (Wildman–Crippen MR) is 81.7 cm³/mol. The number of benzene rings is 1. The fourth-order valence-corrected chi connectivity index (χ4v) is 1.84. The Morgan fingerprint density at radius 3 is 2.85 bits per heavy atom. The molecule has 2 aromatic rings. The highest BCUT2D eigenvalue weighted by Crippen LogP contribution is 2.21. The molecule has 1 aromatic carbocycles. The molecular formula is C16H19N3O. The van der Waals surface area contributed by atoms with Crippen LogP contribution in [0, 0.1) is 6.92 Å². The minimum atomic E-state index is 0.0204. The molecule has 2 rings (SSSR count). The first-order valence-electron chi connectivity index (χ1n) is 6.72. The van der Waals surface area contributed by atoms with E-state index in [-0.39, 0.29) is 5.91 Å². The van der Waals surface area contributed by atoms with Crippen molar-refractivity contribution in [1.82, 2.24) is 4.98 Å². The number of hydrogen-bond acceptors (Lipinski definition) is 3. The summed E-state index contributed by atoms with van der Waals surface area (Å²) in [5, 5.41) is 6.24. The first-order valence-corrected chi connectivity index (χ1v) is 6.72. The molecule has 0 saturated carbocycles. The number of carbonyl (C=O) groups is 1. The lowest BCUT2D eigenvalue weighted by atomic mass is 10.1. The maximum absolute atomic E-state index is 11.4. The summed E-state index contributed by atoms with van der Waals surface area (Å²) < 4.78 is 0. The van der Waals surface area contributed by atoms with Crippen LogP contribution in [-0.4, -0.2) is 10.9 Å². The van der Waals surface area contributed by atoms with E-state index in [4.69, 9.17) is 0 Å². The Bertz CT molecular complexity index is 582. The first-order chi connectivity index (χ1) is 9.69. The Labute approximate surface area is 119 Å². The molecule has 0 aliphatic rings. The van der Waals surface area contributed by atoms with E-state index in [9.17, 15) is 4.79 Å².